The van der Waals surface area contributed by atoms with Crippen LogP contribution < -0.4 is 0 Å². The molecule has 0 aromatic rings. The van der Waals surface area contributed by atoms with Gasteiger partial charge in [-0.05, 0) is 62.2 Å². The number of hydrogen-bond donors (Lipinski definition) is 0. The molecule has 122 valence electrons. The van der Waals surface area contributed by atoms with Gasteiger partial charge in [-0.3, -0.25) is 0 Å². The van der Waals surface area contributed by atoms with Crippen molar-refractivity contribution in [2.75, 3.05) is 6.61 Å². The van der Waals surface area contributed by atoms with E-state index in [1.54, 1.807) is 6.26 Å². The quantitative estimate of drug-likeness (QED) is 0.374. The summed E-state index contributed by atoms with van der Waals surface area (Å²) in [5, 5.41) is 0. The Kier molecular flexibility index (Phi) is 7.68. The second-order valence-electron chi connectivity index (χ2n) is 7.56. The lowest BCUT2D eigenvalue weighted by Crippen LogP contribution is -2.27. The maximum Gasteiger partial charge on any atom is 0.0901 e. The molecule has 0 radical (unpaired) electrons. The van der Waals surface area contributed by atoms with Crippen molar-refractivity contribution in [3.8, 4) is 0 Å². The first kappa shape index (κ1) is 16.9. The molecule has 2 aliphatic carbocycles. The highest BCUT2D eigenvalue weighted by Crippen LogP contribution is 2.42. The Morgan fingerprint density at radius 1 is 0.857 bits per heavy atom. The zero-order chi connectivity index (χ0) is 14.9. The van der Waals surface area contributed by atoms with Gasteiger partial charge in [0.2, 0.25) is 0 Å². The van der Waals surface area contributed by atoms with Crippen molar-refractivity contribution in [3.63, 3.8) is 0 Å². The van der Waals surface area contributed by atoms with Crippen LogP contribution in [0.3, 0.4) is 0 Å². The first-order valence-electron chi connectivity index (χ1n) is 9.56. The molecule has 0 saturated heterocycles. The van der Waals surface area contributed by atoms with E-state index in [1.807, 2.05) is 0 Å². The molecule has 0 atom stereocenters. The van der Waals surface area contributed by atoms with E-state index in [-0.39, 0.29) is 0 Å². The van der Waals surface area contributed by atoms with Crippen molar-refractivity contribution in [2.45, 2.75) is 84.0 Å². The van der Waals surface area contributed by atoms with Crippen LogP contribution >= 0.6 is 0 Å². The molecule has 0 spiro atoms. The van der Waals surface area contributed by atoms with Crippen LogP contribution in [0.5, 0.6) is 0 Å². The van der Waals surface area contributed by atoms with Crippen molar-refractivity contribution in [3.05, 3.63) is 12.8 Å². The molecule has 0 N–H and O–H groups in total. The van der Waals surface area contributed by atoms with Crippen LogP contribution in [0.2, 0.25) is 0 Å². The Morgan fingerprint density at radius 3 is 1.95 bits per heavy atom. The van der Waals surface area contributed by atoms with Crippen molar-refractivity contribution in [2.24, 2.45) is 23.7 Å². The molecule has 2 fully saturated rings. The van der Waals surface area contributed by atoms with Gasteiger partial charge in [-0.25, -0.2) is 0 Å². The van der Waals surface area contributed by atoms with Crippen LogP contribution in [-0.4, -0.2) is 6.61 Å². The fourth-order valence-corrected chi connectivity index (χ4v) is 4.66. The average molecular weight is 293 g/mol. The summed E-state index contributed by atoms with van der Waals surface area (Å²) in [6.45, 7) is 6.86. The van der Waals surface area contributed by atoms with Crippen molar-refractivity contribution in [1.82, 2.24) is 0 Å². The molecule has 0 aromatic carbocycles. The monoisotopic (exact) mass is 292 g/mol. The second-order valence-corrected chi connectivity index (χ2v) is 7.56. The summed E-state index contributed by atoms with van der Waals surface area (Å²) in [5.41, 5.74) is 0. The molecule has 2 rings (SSSR count). The first-order chi connectivity index (χ1) is 10.3. The second kappa shape index (κ2) is 9.54. The maximum absolute atomic E-state index is 5.38. The molecule has 2 aliphatic rings. The van der Waals surface area contributed by atoms with Crippen molar-refractivity contribution in [1.29, 1.82) is 0 Å². The topological polar surface area (TPSA) is 9.23 Å². The minimum absolute atomic E-state index is 0.796. The van der Waals surface area contributed by atoms with E-state index in [4.69, 9.17) is 4.74 Å². The first-order valence-corrected chi connectivity index (χ1v) is 9.56. The van der Waals surface area contributed by atoms with Gasteiger partial charge in [0.15, 0.2) is 0 Å². The predicted octanol–water partition coefficient (Wildman–Crippen LogP) is 6.34. The highest BCUT2D eigenvalue weighted by molar-refractivity contribution is 4.82. The van der Waals surface area contributed by atoms with Crippen molar-refractivity contribution < 1.29 is 4.74 Å². The number of hydrogen-bond acceptors (Lipinski definition) is 1. The Balaban J connectivity index is 1.61. The fourth-order valence-electron chi connectivity index (χ4n) is 4.66. The summed E-state index contributed by atoms with van der Waals surface area (Å²) >= 11 is 0. The third-order valence-corrected chi connectivity index (χ3v) is 6.12. The molecule has 1 nitrogen and oxygen atoms in total. The van der Waals surface area contributed by atoms with Gasteiger partial charge in [0, 0.05) is 0 Å². The van der Waals surface area contributed by atoms with E-state index < -0.39 is 0 Å². The van der Waals surface area contributed by atoms with Crippen LogP contribution in [0.4, 0.5) is 0 Å². The van der Waals surface area contributed by atoms with E-state index in [1.165, 1.54) is 77.0 Å². The normalized spacial score (nSPS) is 33.6. The molecule has 0 unspecified atom stereocenters. The van der Waals surface area contributed by atoms with E-state index in [0.29, 0.717) is 0 Å². The number of ether oxygens (including phenoxy) is 1. The van der Waals surface area contributed by atoms with Gasteiger partial charge in [0.25, 0.3) is 0 Å². The summed E-state index contributed by atoms with van der Waals surface area (Å²) in [7, 11) is 0. The molecule has 0 aliphatic heterocycles. The molecule has 0 heterocycles. The molecule has 0 bridgehead atoms. The third kappa shape index (κ3) is 5.68. The fraction of sp³-hybridized carbons (Fsp3) is 0.900. The van der Waals surface area contributed by atoms with E-state index in [0.717, 1.165) is 30.3 Å². The van der Waals surface area contributed by atoms with Crippen LogP contribution in [-0.2, 0) is 4.74 Å². The Morgan fingerprint density at radius 2 is 1.43 bits per heavy atom. The lowest BCUT2D eigenvalue weighted by molar-refractivity contribution is 0.108. The summed E-state index contributed by atoms with van der Waals surface area (Å²) in [4.78, 5) is 0. The van der Waals surface area contributed by atoms with Gasteiger partial charge in [-0.1, -0.05) is 52.0 Å². The largest absolute Gasteiger partial charge is 0.502 e. The van der Waals surface area contributed by atoms with Gasteiger partial charge in [-0.2, -0.15) is 0 Å². The SMILES string of the molecule is C=COC[C@H]1CC[C@H]([C@H]2CC[C@H](CCCCC)CC2)CC1. The highest BCUT2D eigenvalue weighted by Gasteiger charge is 2.30. The van der Waals surface area contributed by atoms with Gasteiger partial charge in [0.1, 0.15) is 0 Å². The predicted molar refractivity (Wildman–Crippen MR) is 91.2 cm³/mol. The van der Waals surface area contributed by atoms with Crippen LogP contribution in [0.25, 0.3) is 0 Å². The minimum atomic E-state index is 0.796. The number of rotatable bonds is 8. The summed E-state index contributed by atoms with van der Waals surface area (Å²) in [6.07, 6.45) is 19.2. The van der Waals surface area contributed by atoms with Gasteiger partial charge in [-0.15, -0.1) is 0 Å². The standard InChI is InChI=1S/C20H36O/c1-3-5-6-7-17-8-12-19(13-9-17)20-14-10-18(11-15-20)16-21-4-2/h4,17-20H,2-3,5-16H2,1H3/t17-,18-,19-,20-. The van der Waals surface area contributed by atoms with Crippen LogP contribution in [0.15, 0.2) is 12.8 Å². The molecular weight excluding hydrogens is 256 g/mol. The van der Waals surface area contributed by atoms with E-state index in [2.05, 4.69) is 13.5 Å². The maximum atomic E-state index is 5.38. The Labute approximate surface area is 132 Å². The molecular formula is C20H36O. The molecule has 2 saturated carbocycles. The molecule has 0 aromatic heterocycles. The van der Waals surface area contributed by atoms with Crippen LogP contribution in [0, 0.1) is 23.7 Å². The lowest BCUT2D eigenvalue weighted by atomic mass is 9.69. The minimum Gasteiger partial charge on any atom is -0.502 e. The summed E-state index contributed by atoms with van der Waals surface area (Å²) in [5.74, 6) is 3.94. The highest BCUT2D eigenvalue weighted by atomic mass is 16.5. The zero-order valence-electron chi connectivity index (χ0n) is 14.2. The molecule has 21 heavy (non-hydrogen) atoms. The molecule has 0 amide bonds. The van der Waals surface area contributed by atoms with Crippen molar-refractivity contribution >= 4 is 0 Å². The average Bonchev–Trinajstić information content (AvgIpc) is 2.54. The summed E-state index contributed by atoms with van der Waals surface area (Å²) in [6, 6.07) is 0. The third-order valence-electron chi connectivity index (χ3n) is 6.12. The lowest BCUT2D eigenvalue weighted by Gasteiger charge is -2.37. The van der Waals surface area contributed by atoms with Gasteiger partial charge in [0.05, 0.1) is 12.9 Å². The number of unbranched alkanes of at least 4 members (excludes halogenated alkanes) is 2. The summed E-state index contributed by atoms with van der Waals surface area (Å²) < 4.78 is 5.38. The van der Waals surface area contributed by atoms with Gasteiger partial charge < -0.3 is 4.74 Å². The zero-order valence-corrected chi connectivity index (χ0v) is 14.2. The van der Waals surface area contributed by atoms with Crippen LogP contribution in [0.1, 0.15) is 84.0 Å². The Bertz CT molecular complexity index is 270. The van der Waals surface area contributed by atoms with Gasteiger partial charge >= 0.3 is 0 Å². The van der Waals surface area contributed by atoms with E-state index in [9.17, 15) is 0 Å². The van der Waals surface area contributed by atoms with E-state index >= 15 is 0 Å². The Hall–Kier alpha value is -0.460. The smallest absolute Gasteiger partial charge is 0.0901 e. The molecule has 1 heteroatoms.